The number of rotatable bonds is 2. The smallest absolute Gasteiger partial charge is 0.196 e. The summed E-state index contributed by atoms with van der Waals surface area (Å²) in [6.07, 6.45) is 0. The molecule has 0 saturated heterocycles. The van der Waals surface area contributed by atoms with Crippen molar-refractivity contribution in [3.05, 3.63) is 0 Å². The lowest BCUT2D eigenvalue weighted by Crippen LogP contribution is -2.20. The molecule has 0 aromatic carbocycles. The van der Waals surface area contributed by atoms with E-state index in [9.17, 15) is 5.11 Å². The van der Waals surface area contributed by atoms with Crippen molar-refractivity contribution < 1.29 is 9.84 Å². The van der Waals surface area contributed by atoms with Crippen LogP contribution in [-0.4, -0.2) is 12.4 Å². The summed E-state index contributed by atoms with van der Waals surface area (Å²) < 4.78 is 4.67. The Balaban J connectivity index is 3.15. The first kappa shape index (κ1) is 6.92. The molecule has 0 unspecified atom stereocenters. The van der Waals surface area contributed by atoms with Crippen molar-refractivity contribution in [3.8, 4) is 0 Å². The van der Waals surface area contributed by atoms with E-state index in [1.165, 1.54) is 13.8 Å². The van der Waals surface area contributed by atoms with Gasteiger partial charge in [0.05, 0.1) is 0 Å². The third-order valence-electron chi connectivity index (χ3n) is 0.492. The number of hydrogen-bond acceptors (Lipinski definition) is 1. The molecule has 0 aromatic rings. The Morgan fingerprint density at radius 1 is 1.57 bits per heavy atom. The molecule has 2 heteroatoms. The zero-order valence-corrected chi connectivity index (χ0v) is 5.02. The Morgan fingerprint density at radius 3 is 2.00 bits per heavy atom. The summed E-state index contributed by atoms with van der Waals surface area (Å²) in [7, 11) is 0. The standard InChI is InChI=1S/C5H11O2/c1-4-7-5(2,3)6/h4H2,1-3H3. The van der Waals surface area contributed by atoms with Gasteiger partial charge >= 0.3 is 0 Å². The summed E-state index contributed by atoms with van der Waals surface area (Å²) in [6.45, 7) is 5.29. The minimum Gasteiger partial charge on any atom is -0.348 e. The molecule has 0 atom stereocenters. The maximum Gasteiger partial charge on any atom is 0.196 e. The fourth-order valence-corrected chi connectivity index (χ4v) is 0.348. The molecular formula is C5H11O2. The van der Waals surface area contributed by atoms with Gasteiger partial charge in [-0.25, -0.2) is 0 Å². The second-order valence-corrected chi connectivity index (χ2v) is 1.83. The normalized spacial score (nSPS) is 12.0. The van der Waals surface area contributed by atoms with Gasteiger partial charge in [0.25, 0.3) is 0 Å². The van der Waals surface area contributed by atoms with Crippen LogP contribution in [0.15, 0.2) is 0 Å². The first-order valence-electron chi connectivity index (χ1n) is 2.40. The highest BCUT2D eigenvalue weighted by Gasteiger charge is 2.12. The summed E-state index contributed by atoms with van der Waals surface area (Å²) in [5.74, 6) is -1.20. The van der Waals surface area contributed by atoms with Crippen molar-refractivity contribution in [2.75, 3.05) is 6.61 Å². The SMILES string of the molecule is CCOC(C)(C)[O]. The minimum atomic E-state index is -1.20. The summed E-state index contributed by atoms with van der Waals surface area (Å²) in [5.41, 5.74) is 0. The van der Waals surface area contributed by atoms with E-state index in [2.05, 4.69) is 4.74 Å². The second-order valence-electron chi connectivity index (χ2n) is 1.83. The van der Waals surface area contributed by atoms with Crippen molar-refractivity contribution in [1.29, 1.82) is 0 Å². The summed E-state index contributed by atoms with van der Waals surface area (Å²) in [4.78, 5) is 0. The molecule has 0 fully saturated rings. The molecule has 0 aliphatic heterocycles. The van der Waals surface area contributed by atoms with Crippen LogP contribution in [0, 0.1) is 0 Å². The monoisotopic (exact) mass is 103 g/mol. The van der Waals surface area contributed by atoms with Gasteiger partial charge < -0.3 is 4.74 Å². The minimum absolute atomic E-state index is 0.497. The Bertz CT molecular complexity index is 44.5. The highest BCUT2D eigenvalue weighted by molar-refractivity contribution is 4.44. The molecule has 1 radical (unpaired) electrons. The predicted octanol–water partition coefficient (Wildman–Crippen LogP) is 1.19. The van der Waals surface area contributed by atoms with Gasteiger partial charge in [-0.1, -0.05) is 0 Å². The topological polar surface area (TPSA) is 29.1 Å². The van der Waals surface area contributed by atoms with Crippen molar-refractivity contribution in [2.24, 2.45) is 0 Å². The van der Waals surface area contributed by atoms with Gasteiger partial charge in [0.2, 0.25) is 0 Å². The van der Waals surface area contributed by atoms with E-state index in [1.807, 2.05) is 0 Å². The van der Waals surface area contributed by atoms with Crippen LogP contribution in [0.25, 0.3) is 0 Å². The van der Waals surface area contributed by atoms with Crippen LogP contribution in [0.2, 0.25) is 0 Å². The third kappa shape index (κ3) is 5.92. The Labute approximate surface area is 44.1 Å². The van der Waals surface area contributed by atoms with E-state index in [4.69, 9.17) is 0 Å². The Morgan fingerprint density at radius 2 is 2.00 bits per heavy atom. The van der Waals surface area contributed by atoms with E-state index in [1.54, 1.807) is 6.92 Å². The molecule has 0 aromatic heterocycles. The van der Waals surface area contributed by atoms with Crippen LogP contribution in [0.3, 0.4) is 0 Å². The molecule has 0 aliphatic carbocycles. The van der Waals surface area contributed by atoms with E-state index in [0.29, 0.717) is 6.61 Å². The fourth-order valence-electron chi connectivity index (χ4n) is 0.348. The third-order valence-corrected chi connectivity index (χ3v) is 0.492. The van der Waals surface area contributed by atoms with Crippen LogP contribution in [-0.2, 0) is 9.84 Å². The quantitative estimate of drug-likeness (QED) is 0.482. The van der Waals surface area contributed by atoms with Crippen LogP contribution in [0.5, 0.6) is 0 Å². The van der Waals surface area contributed by atoms with E-state index in [-0.39, 0.29) is 0 Å². The molecule has 0 heterocycles. The maximum atomic E-state index is 10.5. The molecule has 0 aliphatic rings. The average Bonchev–Trinajstić information content (AvgIpc) is 1.30. The molecule has 0 spiro atoms. The fraction of sp³-hybridized carbons (Fsp3) is 1.00. The average molecular weight is 103 g/mol. The lowest BCUT2D eigenvalue weighted by molar-refractivity contribution is -0.211. The predicted molar refractivity (Wildman–Crippen MR) is 26.4 cm³/mol. The van der Waals surface area contributed by atoms with E-state index in [0.717, 1.165) is 0 Å². The van der Waals surface area contributed by atoms with Gasteiger partial charge in [-0.05, 0) is 20.8 Å². The lowest BCUT2D eigenvalue weighted by atomic mass is 10.4. The van der Waals surface area contributed by atoms with Crippen LogP contribution < -0.4 is 0 Å². The van der Waals surface area contributed by atoms with Gasteiger partial charge in [-0.2, -0.15) is 5.11 Å². The van der Waals surface area contributed by atoms with Crippen molar-refractivity contribution >= 4 is 0 Å². The molecule has 7 heavy (non-hydrogen) atoms. The first-order chi connectivity index (χ1) is 3.06. The molecule has 0 amide bonds. The number of ether oxygens (including phenoxy) is 1. The van der Waals surface area contributed by atoms with Crippen molar-refractivity contribution in [2.45, 2.75) is 26.6 Å². The summed E-state index contributed by atoms with van der Waals surface area (Å²) in [6, 6.07) is 0. The lowest BCUT2D eigenvalue weighted by Gasteiger charge is -2.12. The first-order valence-corrected chi connectivity index (χ1v) is 2.40. The molecule has 2 nitrogen and oxygen atoms in total. The zero-order valence-electron chi connectivity index (χ0n) is 5.02. The molecular weight excluding hydrogens is 92.1 g/mol. The van der Waals surface area contributed by atoms with Crippen molar-refractivity contribution in [3.63, 3.8) is 0 Å². The van der Waals surface area contributed by atoms with Gasteiger partial charge in [0.15, 0.2) is 5.79 Å². The van der Waals surface area contributed by atoms with Crippen LogP contribution in [0.1, 0.15) is 20.8 Å². The van der Waals surface area contributed by atoms with Crippen LogP contribution >= 0.6 is 0 Å². The molecule has 0 rings (SSSR count). The largest absolute Gasteiger partial charge is 0.348 e. The van der Waals surface area contributed by atoms with Gasteiger partial charge in [-0.15, -0.1) is 0 Å². The van der Waals surface area contributed by atoms with E-state index < -0.39 is 5.79 Å². The number of hydrogen-bond donors (Lipinski definition) is 0. The van der Waals surface area contributed by atoms with Gasteiger partial charge in [0, 0.05) is 6.61 Å². The zero-order chi connectivity index (χ0) is 5.91. The summed E-state index contributed by atoms with van der Waals surface area (Å²) in [5, 5.41) is 10.5. The maximum absolute atomic E-state index is 10.5. The highest BCUT2D eigenvalue weighted by atomic mass is 16.6. The van der Waals surface area contributed by atoms with Gasteiger partial charge in [0.1, 0.15) is 0 Å². The highest BCUT2D eigenvalue weighted by Crippen LogP contribution is 2.01. The van der Waals surface area contributed by atoms with Crippen LogP contribution in [0.4, 0.5) is 0 Å². The summed E-state index contributed by atoms with van der Waals surface area (Å²) >= 11 is 0. The van der Waals surface area contributed by atoms with E-state index >= 15 is 0 Å². The second kappa shape index (κ2) is 2.28. The Kier molecular flexibility index (Phi) is 2.26. The molecule has 0 bridgehead atoms. The molecule has 43 valence electrons. The van der Waals surface area contributed by atoms with Gasteiger partial charge in [-0.3, -0.25) is 0 Å². The van der Waals surface area contributed by atoms with Crippen molar-refractivity contribution in [1.82, 2.24) is 0 Å². The Hall–Kier alpha value is -0.0800. The molecule has 0 saturated carbocycles. The molecule has 0 N–H and O–H groups in total.